The lowest BCUT2D eigenvalue weighted by Crippen LogP contribution is -2.22. The van der Waals surface area contributed by atoms with Crippen molar-refractivity contribution >= 4 is 33.2 Å². The van der Waals surface area contributed by atoms with Gasteiger partial charge >= 0.3 is 0 Å². The summed E-state index contributed by atoms with van der Waals surface area (Å²) >= 11 is 3.35. The lowest BCUT2D eigenvalue weighted by Gasteiger charge is -2.15. The van der Waals surface area contributed by atoms with Gasteiger partial charge in [-0.2, -0.15) is 0 Å². The van der Waals surface area contributed by atoms with Crippen molar-refractivity contribution < 1.29 is 4.79 Å². The summed E-state index contributed by atoms with van der Waals surface area (Å²) in [5, 5.41) is 2.91. The first-order valence-corrected chi connectivity index (χ1v) is 7.23. The van der Waals surface area contributed by atoms with Crippen molar-refractivity contribution in [2.45, 2.75) is 39.5 Å². The minimum absolute atomic E-state index is 0.0694. The second-order valence-electron chi connectivity index (χ2n) is 4.47. The largest absolute Gasteiger partial charge is 0.397 e. The Morgan fingerprint density at radius 1 is 1.44 bits per heavy atom. The molecule has 0 aliphatic rings. The summed E-state index contributed by atoms with van der Waals surface area (Å²) in [4.78, 5) is 12.1. The third kappa shape index (κ3) is 4.33. The smallest absolute Gasteiger partial charge is 0.227 e. The molecule has 1 amide bonds. The number of nitrogen functional groups attached to an aromatic ring is 1. The van der Waals surface area contributed by atoms with Crippen LogP contribution in [0.1, 0.15) is 39.5 Å². The molecule has 1 aromatic rings. The van der Waals surface area contributed by atoms with E-state index in [1.165, 1.54) is 0 Å². The van der Waals surface area contributed by atoms with Crippen LogP contribution in [0.2, 0.25) is 0 Å². The van der Waals surface area contributed by atoms with E-state index < -0.39 is 0 Å². The Balaban J connectivity index is 2.67. The van der Waals surface area contributed by atoms with Crippen LogP contribution < -0.4 is 11.1 Å². The molecular formula is C14H21BrN2O. The van der Waals surface area contributed by atoms with E-state index in [4.69, 9.17) is 5.73 Å². The number of hydrogen-bond donors (Lipinski definition) is 2. The molecular weight excluding hydrogens is 292 g/mol. The van der Waals surface area contributed by atoms with Gasteiger partial charge < -0.3 is 11.1 Å². The van der Waals surface area contributed by atoms with Gasteiger partial charge in [-0.15, -0.1) is 0 Å². The Morgan fingerprint density at radius 3 is 2.72 bits per heavy atom. The van der Waals surface area contributed by atoms with Crippen molar-refractivity contribution in [1.29, 1.82) is 0 Å². The van der Waals surface area contributed by atoms with Gasteiger partial charge in [-0.3, -0.25) is 4.79 Å². The summed E-state index contributed by atoms with van der Waals surface area (Å²) in [6.07, 6.45) is 4.00. The number of rotatable bonds is 6. The lowest BCUT2D eigenvalue weighted by atomic mass is 9.98. The average Bonchev–Trinajstić information content (AvgIpc) is 2.34. The number of unbranched alkanes of at least 4 members (excludes halogenated alkanes) is 1. The topological polar surface area (TPSA) is 55.1 Å². The monoisotopic (exact) mass is 312 g/mol. The highest BCUT2D eigenvalue weighted by Crippen LogP contribution is 2.24. The first-order valence-electron chi connectivity index (χ1n) is 6.44. The third-order valence-corrected chi connectivity index (χ3v) is 3.53. The number of benzene rings is 1. The van der Waals surface area contributed by atoms with E-state index >= 15 is 0 Å². The summed E-state index contributed by atoms with van der Waals surface area (Å²) < 4.78 is 0.913. The zero-order chi connectivity index (χ0) is 13.5. The summed E-state index contributed by atoms with van der Waals surface area (Å²) in [5.74, 6) is 0.146. The van der Waals surface area contributed by atoms with Gasteiger partial charge in [0.15, 0.2) is 0 Å². The number of nitrogens with one attached hydrogen (secondary N) is 1. The van der Waals surface area contributed by atoms with Crippen molar-refractivity contribution in [3.05, 3.63) is 22.7 Å². The van der Waals surface area contributed by atoms with Crippen LogP contribution in [-0.2, 0) is 4.79 Å². The summed E-state index contributed by atoms with van der Waals surface area (Å²) in [6, 6.07) is 5.49. The lowest BCUT2D eigenvalue weighted by molar-refractivity contribution is -0.120. The van der Waals surface area contributed by atoms with E-state index in [9.17, 15) is 4.79 Å². The molecule has 0 aromatic heterocycles. The zero-order valence-corrected chi connectivity index (χ0v) is 12.6. The maximum absolute atomic E-state index is 12.1. The SMILES string of the molecule is CCCCC(CC)C(=O)Nc1ccc(Br)cc1N. The fourth-order valence-corrected chi connectivity index (χ4v) is 2.23. The number of amides is 1. The van der Waals surface area contributed by atoms with Crippen LogP contribution in [0.15, 0.2) is 22.7 Å². The van der Waals surface area contributed by atoms with Crippen LogP contribution in [0.5, 0.6) is 0 Å². The molecule has 0 spiro atoms. The van der Waals surface area contributed by atoms with E-state index in [0.717, 1.165) is 30.2 Å². The third-order valence-electron chi connectivity index (χ3n) is 3.04. The maximum Gasteiger partial charge on any atom is 0.227 e. The highest BCUT2D eigenvalue weighted by Gasteiger charge is 2.16. The molecule has 1 atom stereocenters. The molecule has 18 heavy (non-hydrogen) atoms. The molecule has 3 N–H and O–H groups in total. The maximum atomic E-state index is 12.1. The fraction of sp³-hybridized carbons (Fsp3) is 0.500. The quantitative estimate of drug-likeness (QED) is 0.774. The molecule has 1 aromatic carbocycles. The predicted molar refractivity (Wildman–Crippen MR) is 80.5 cm³/mol. The van der Waals surface area contributed by atoms with E-state index in [2.05, 4.69) is 28.2 Å². The number of anilines is 2. The van der Waals surface area contributed by atoms with Gasteiger partial charge in [-0.1, -0.05) is 42.6 Å². The molecule has 0 aliphatic carbocycles. The number of halogens is 1. The van der Waals surface area contributed by atoms with Gasteiger partial charge in [-0.05, 0) is 31.0 Å². The highest BCUT2D eigenvalue weighted by molar-refractivity contribution is 9.10. The van der Waals surface area contributed by atoms with Gasteiger partial charge in [-0.25, -0.2) is 0 Å². The van der Waals surface area contributed by atoms with Gasteiger partial charge in [0.05, 0.1) is 11.4 Å². The first-order chi connectivity index (χ1) is 8.58. The second-order valence-corrected chi connectivity index (χ2v) is 5.38. The molecule has 0 bridgehead atoms. The molecule has 100 valence electrons. The van der Waals surface area contributed by atoms with Crippen molar-refractivity contribution in [2.75, 3.05) is 11.1 Å². The number of nitrogens with two attached hydrogens (primary N) is 1. The average molecular weight is 313 g/mol. The minimum atomic E-state index is 0.0694. The molecule has 3 nitrogen and oxygen atoms in total. The number of carbonyl (C=O) groups is 1. The molecule has 0 radical (unpaired) electrons. The van der Waals surface area contributed by atoms with Crippen molar-refractivity contribution in [3.8, 4) is 0 Å². The zero-order valence-electron chi connectivity index (χ0n) is 11.0. The normalized spacial score (nSPS) is 12.2. The molecule has 0 saturated heterocycles. The Kier molecular flexibility index (Phi) is 6.19. The molecule has 1 unspecified atom stereocenters. The summed E-state index contributed by atoms with van der Waals surface area (Å²) in [7, 11) is 0. The molecule has 0 saturated carbocycles. The number of carbonyl (C=O) groups excluding carboxylic acids is 1. The van der Waals surface area contributed by atoms with Gasteiger partial charge in [0.2, 0.25) is 5.91 Å². The van der Waals surface area contributed by atoms with Crippen molar-refractivity contribution in [1.82, 2.24) is 0 Å². The van der Waals surface area contributed by atoms with Crippen LogP contribution in [-0.4, -0.2) is 5.91 Å². The van der Waals surface area contributed by atoms with Crippen molar-refractivity contribution in [2.24, 2.45) is 5.92 Å². The summed E-state index contributed by atoms with van der Waals surface area (Å²) in [6.45, 7) is 4.18. The van der Waals surface area contributed by atoms with Crippen LogP contribution >= 0.6 is 15.9 Å². The molecule has 4 heteroatoms. The van der Waals surface area contributed by atoms with E-state index in [0.29, 0.717) is 11.4 Å². The van der Waals surface area contributed by atoms with Crippen LogP contribution in [0.25, 0.3) is 0 Å². The van der Waals surface area contributed by atoms with Crippen molar-refractivity contribution in [3.63, 3.8) is 0 Å². The Bertz CT molecular complexity index is 407. The van der Waals surface area contributed by atoms with E-state index in [1.807, 2.05) is 19.1 Å². The fourth-order valence-electron chi connectivity index (χ4n) is 1.85. The van der Waals surface area contributed by atoms with Crippen LogP contribution in [0.3, 0.4) is 0 Å². The standard InChI is InChI=1S/C14H21BrN2O/c1-3-5-6-10(4-2)14(18)17-13-8-7-11(15)9-12(13)16/h7-10H,3-6,16H2,1-2H3,(H,17,18). The Hall–Kier alpha value is -1.03. The van der Waals surface area contributed by atoms with Crippen LogP contribution in [0, 0.1) is 5.92 Å². The predicted octanol–water partition coefficient (Wildman–Crippen LogP) is 4.19. The van der Waals surface area contributed by atoms with Gasteiger partial charge in [0.25, 0.3) is 0 Å². The first kappa shape index (κ1) is 15.0. The molecule has 0 aliphatic heterocycles. The van der Waals surface area contributed by atoms with Gasteiger partial charge in [0, 0.05) is 10.4 Å². The molecule has 0 fully saturated rings. The van der Waals surface area contributed by atoms with Gasteiger partial charge in [0.1, 0.15) is 0 Å². The van der Waals surface area contributed by atoms with E-state index in [-0.39, 0.29) is 11.8 Å². The second kappa shape index (κ2) is 7.41. The minimum Gasteiger partial charge on any atom is -0.397 e. The summed E-state index contributed by atoms with van der Waals surface area (Å²) in [5.41, 5.74) is 7.15. The highest BCUT2D eigenvalue weighted by atomic mass is 79.9. The van der Waals surface area contributed by atoms with E-state index in [1.54, 1.807) is 6.07 Å². The Morgan fingerprint density at radius 2 is 2.17 bits per heavy atom. The number of hydrogen-bond acceptors (Lipinski definition) is 2. The Labute approximate surface area is 117 Å². The molecule has 0 heterocycles. The van der Waals surface area contributed by atoms with Crippen LogP contribution in [0.4, 0.5) is 11.4 Å². The molecule has 1 rings (SSSR count).